The van der Waals surface area contributed by atoms with Crippen molar-refractivity contribution in [3.63, 3.8) is 0 Å². The third-order valence-corrected chi connectivity index (χ3v) is 7.21. The van der Waals surface area contributed by atoms with Gasteiger partial charge in [-0.05, 0) is 47.2 Å². The van der Waals surface area contributed by atoms with E-state index in [1.165, 1.54) is 0 Å². The van der Waals surface area contributed by atoms with Crippen molar-refractivity contribution in [2.24, 2.45) is 0 Å². The largest absolute Gasteiger partial charge is 0.507 e. The maximum Gasteiger partial charge on any atom is 0.295 e. The van der Waals surface area contributed by atoms with Crippen LogP contribution in [0.1, 0.15) is 49.1 Å². The van der Waals surface area contributed by atoms with Crippen LogP contribution in [0.4, 0.5) is 0 Å². The standard InChI is InChI=1S/C31H38N2O5/c1-6-17-38-24-11-12-25(21(2)20-24)28(34)26-27(22-7-9-23(10-8-22)31(3,4)5)33(30(36)29(26)35)14-13-32-15-18-37-19-16-32/h6-12,20,27,34H,1,13-19H2,2-5H3/b28-26+. The number of nitrogens with zero attached hydrogens (tertiary/aromatic N) is 2. The number of aliphatic hydroxyl groups is 1. The van der Waals surface area contributed by atoms with Crippen LogP contribution >= 0.6 is 0 Å². The van der Waals surface area contributed by atoms with Gasteiger partial charge in [0.25, 0.3) is 11.7 Å². The molecule has 2 aliphatic heterocycles. The molecule has 4 rings (SSSR count). The first kappa shape index (κ1) is 27.6. The second-order valence-electron chi connectivity index (χ2n) is 10.9. The predicted octanol–water partition coefficient (Wildman–Crippen LogP) is 4.61. The van der Waals surface area contributed by atoms with Crippen molar-refractivity contribution in [1.29, 1.82) is 0 Å². The van der Waals surface area contributed by atoms with E-state index < -0.39 is 17.7 Å². The Morgan fingerprint density at radius 2 is 1.79 bits per heavy atom. The van der Waals surface area contributed by atoms with Gasteiger partial charge in [0.05, 0.1) is 24.8 Å². The first-order chi connectivity index (χ1) is 18.1. The second kappa shape index (κ2) is 11.5. The number of aryl methyl sites for hydroxylation is 1. The lowest BCUT2D eigenvalue weighted by Gasteiger charge is -2.31. The number of aliphatic hydroxyl groups excluding tert-OH is 1. The molecule has 1 unspecified atom stereocenters. The summed E-state index contributed by atoms with van der Waals surface area (Å²) < 4.78 is 11.1. The number of ketones is 1. The van der Waals surface area contributed by atoms with Crippen LogP contribution in [0.3, 0.4) is 0 Å². The number of likely N-dealkylation sites (tertiary alicyclic amines) is 1. The summed E-state index contributed by atoms with van der Waals surface area (Å²) in [6.07, 6.45) is 1.66. The summed E-state index contributed by atoms with van der Waals surface area (Å²) >= 11 is 0. The van der Waals surface area contributed by atoms with Crippen LogP contribution < -0.4 is 4.74 Å². The molecule has 0 bridgehead atoms. The molecular formula is C31H38N2O5. The molecule has 0 spiro atoms. The van der Waals surface area contributed by atoms with Gasteiger partial charge in [-0.2, -0.15) is 0 Å². The predicted molar refractivity (Wildman–Crippen MR) is 148 cm³/mol. The van der Waals surface area contributed by atoms with Crippen LogP contribution in [0.25, 0.3) is 5.76 Å². The molecule has 0 aromatic heterocycles. The molecule has 1 amide bonds. The SMILES string of the molecule is C=CCOc1ccc(/C(O)=C2\C(=O)C(=O)N(CCN3CCOCC3)C2c2ccc(C(C)(C)C)cc2)c(C)c1. The number of amides is 1. The van der Waals surface area contributed by atoms with Gasteiger partial charge in [0.2, 0.25) is 0 Å². The summed E-state index contributed by atoms with van der Waals surface area (Å²) in [7, 11) is 0. The smallest absolute Gasteiger partial charge is 0.295 e. The minimum atomic E-state index is -0.679. The van der Waals surface area contributed by atoms with E-state index in [0.717, 1.165) is 29.8 Å². The van der Waals surface area contributed by atoms with Gasteiger partial charge in [0.15, 0.2) is 0 Å². The van der Waals surface area contributed by atoms with Gasteiger partial charge in [-0.1, -0.05) is 57.7 Å². The van der Waals surface area contributed by atoms with Gasteiger partial charge in [-0.15, -0.1) is 0 Å². The van der Waals surface area contributed by atoms with Gasteiger partial charge in [-0.3, -0.25) is 14.5 Å². The zero-order chi connectivity index (χ0) is 27.4. The number of ether oxygens (including phenoxy) is 2. The number of Topliss-reactive ketones (excluding diaryl/α,β-unsaturated/α-hetero) is 1. The van der Waals surface area contributed by atoms with Crippen molar-refractivity contribution in [1.82, 2.24) is 9.80 Å². The van der Waals surface area contributed by atoms with Crippen LogP contribution in [-0.4, -0.2) is 72.6 Å². The van der Waals surface area contributed by atoms with Gasteiger partial charge in [0, 0.05) is 31.7 Å². The van der Waals surface area contributed by atoms with Crippen LogP contribution in [0.2, 0.25) is 0 Å². The Labute approximate surface area is 225 Å². The Hall–Kier alpha value is -3.42. The number of rotatable bonds is 8. The zero-order valence-electron chi connectivity index (χ0n) is 22.8. The number of carbonyl (C=O) groups is 2. The van der Waals surface area contributed by atoms with Gasteiger partial charge in [0.1, 0.15) is 18.1 Å². The normalized spacial score (nSPS) is 20.1. The monoisotopic (exact) mass is 518 g/mol. The molecule has 2 aromatic carbocycles. The minimum absolute atomic E-state index is 0.0385. The van der Waals surface area contributed by atoms with Crippen molar-refractivity contribution in [3.8, 4) is 5.75 Å². The number of benzene rings is 2. The van der Waals surface area contributed by atoms with E-state index in [0.29, 0.717) is 44.2 Å². The molecule has 1 atom stereocenters. The Balaban J connectivity index is 1.75. The Morgan fingerprint density at radius 3 is 2.39 bits per heavy atom. The van der Waals surface area contributed by atoms with Crippen molar-refractivity contribution in [2.75, 3.05) is 46.0 Å². The first-order valence-electron chi connectivity index (χ1n) is 13.2. The van der Waals surface area contributed by atoms with E-state index in [4.69, 9.17) is 9.47 Å². The van der Waals surface area contributed by atoms with Crippen molar-refractivity contribution >= 4 is 17.4 Å². The summed E-state index contributed by atoms with van der Waals surface area (Å²) in [5, 5.41) is 11.5. The molecule has 202 valence electrons. The Morgan fingerprint density at radius 1 is 1.11 bits per heavy atom. The molecular weight excluding hydrogens is 480 g/mol. The third-order valence-electron chi connectivity index (χ3n) is 7.21. The highest BCUT2D eigenvalue weighted by molar-refractivity contribution is 6.46. The summed E-state index contributed by atoms with van der Waals surface area (Å²) in [5.41, 5.74) is 3.26. The topological polar surface area (TPSA) is 79.3 Å². The highest BCUT2D eigenvalue weighted by Crippen LogP contribution is 2.40. The van der Waals surface area contributed by atoms with E-state index in [1.807, 2.05) is 31.2 Å². The Bertz CT molecular complexity index is 1220. The molecule has 0 aliphatic carbocycles. The van der Waals surface area contributed by atoms with Crippen LogP contribution in [0.15, 0.2) is 60.7 Å². The number of hydrogen-bond acceptors (Lipinski definition) is 6. The lowest BCUT2D eigenvalue weighted by atomic mass is 9.85. The van der Waals surface area contributed by atoms with E-state index in [-0.39, 0.29) is 16.7 Å². The molecule has 0 saturated carbocycles. The van der Waals surface area contributed by atoms with E-state index in [9.17, 15) is 14.7 Å². The van der Waals surface area contributed by atoms with E-state index in [1.54, 1.807) is 29.2 Å². The van der Waals surface area contributed by atoms with E-state index >= 15 is 0 Å². The van der Waals surface area contributed by atoms with Crippen molar-refractivity contribution < 1.29 is 24.2 Å². The highest BCUT2D eigenvalue weighted by Gasteiger charge is 2.46. The first-order valence-corrected chi connectivity index (χ1v) is 13.2. The molecule has 7 heteroatoms. The molecule has 7 nitrogen and oxygen atoms in total. The molecule has 0 radical (unpaired) electrons. The van der Waals surface area contributed by atoms with Crippen LogP contribution in [0, 0.1) is 6.92 Å². The lowest BCUT2D eigenvalue weighted by molar-refractivity contribution is -0.140. The summed E-state index contributed by atoms with van der Waals surface area (Å²) in [6, 6.07) is 12.6. The average Bonchev–Trinajstić information content (AvgIpc) is 3.15. The van der Waals surface area contributed by atoms with Gasteiger partial charge < -0.3 is 19.5 Å². The zero-order valence-corrected chi connectivity index (χ0v) is 22.8. The fourth-order valence-corrected chi connectivity index (χ4v) is 4.99. The van der Waals surface area contributed by atoms with Gasteiger partial charge in [-0.25, -0.2) is 0 Å². The molecule has 2 heterocycles. The fourth-order valence-electron chi connectivity index (χ4n) is 4.99. The molecule has 1 N–H and O–H groups in total. The number of carbonyl (C=O) groups excluding carboxylic acids is 2. The molecule has 38 heavy (non-hydrogen) atoms. The fraction of sp³-hybridized carbons (Fsp3) is 0.419. The van der Waals surface area contributed by atoms with Crippen molar-refractivity contribution in [2.45, 2.75) is 39.2 Å². The van der Waals surface area contributed by atoms with Crippen LogP contribution in [-0.2, 0) is 19.7 Å². The van der Waals surface area contributed by atoms with Crippen LogP contribution in [0.5, 0.6) is 5.75 Å². The third kappa shape index (κ3) is 5.84. The lowest BCUT2D eigenvalue weighted by Crippen LogP contribution is -2.42. The maximum absolute atomic E-state index is 13.4. The number of morpholine rings is 1. The molecule has 2 aliphatic rings. The van der Waals surface area contributed by atoms with Gasteiger partial charge >= 0.3 is 0 Å². The highest BCUT2D eigenvalue weighted by atomic mass is 16.5. The van der Waals surface area contributed by atoms with E-state index in [2.05, 4.69) is 32.3 Å². The quantitative estimate of drug-likeness (QED) is 0.238. The minimum Gasteiger partial charge on any atom is -0.507 e. The summed E-state index contributed by atoms with van der Waals surface area (Å²) in [4.78, 5) is 30.6. The number of hydrogen-bond donors (Lipinski definition) is 1. The average molecular weight is 519 g/mol. The molecule has 2 fully saturated rings. The molecule has 2 saturated heterocycles. The molecule has 2 aromatic rings. The Kier molecular flexibility index (Phi) is 8.38. The summed E-state index contributed by atoms with van der Waals surface area (Å²) in [5.74, 6) is -0.789. The maximum atomic E-state index is 13.4. The summed E-state index contributed by atoms with van der Waals surface area (Å²) in [6.45, 7) is 16.2. The van der Waals surface area contributed by atoms with Crippen molar-refractivity contribution in [3.05, 3.63) is 82.9 Å². The second-order valence-corrected chi connectivity index (χ2v) is 10.9.